The third-order valence-corrected chi connectivity index (χ3v) is 4.48. The first-order valence-electron chi connectivity index (χ1n) is 7.72. The molecule has 1 atom stereocenters. The molecule has 0 aromatic heterocycles. The fourth-order valence-corrected chi connectivity index (χ4v) is 3.11. The Morgan fingerprint density at radius 1 is 1.26 bits per heavy atom. The molecule has 2 nitrogen and oxygen atoms in total. The first kappa shape index (κ1) is 14.4. The lowest BCUT2D eigenvalue weighted by Crippen LogP contribution is -2.27. The van der Waals surface area contributed by atoms with Gasteiger partial charge in [0.1, 0.15) is 0 Å². The summed E-state index contributed by atoms with van der Waals surface area (Å²) in [5.41, 5.74) is 8.08. The molecule has 1 aliphatic heterocycles. The second-order valence-corrected chi connectivity index (χ2v) is 6.27. The molecule has 0 radical (unpaired) electrons. The molecule has 1 aliphatic rings. The van der Waals surface area contributed by atoms with Crippen LogP contribution in [-0.2, 0) is 6.42 Å². The SMILES string of the molecule is CC(C)C1CCCN(CCc2cccc(N)c2)CC1. The smallest absolute Gasteiger partial charge is 0.0316 e. The molecule has 0 bridgehead atoms. The van der Waals surface area contributed by atoms with Crippen LogP contribution in [0.4, 0.5) is 5.69 Å². The molecule has 2 N–H and O–H groups in total. The summed E-state index contributed by atoms with van der Waals surface area (Å²) in [6.45, 7) is 8.45. The van der Waals surface area contributed by atoms with Gasteiger partial charge in [0.05, 0.1) is 0 Å². The fourth-order valence-electron chi connectivity index (χ4n) is 3.11. The van der Waals surface area contributed by atoms with Crippen molar-refractivity contribution in [3.05, 3.63) is 29.8 Å². The van der Waals surface area contributed by atoms with Crippen LogP contribution in [0.25, 0.3) is 0 Å². The Labute approximate surface area is 118 Å². The molecule has 2 rings (SSSR count). The molecule has 0 amide bonds. The minimum atomic E-state index is 0.842. The van der Waals surface area contributed by atoms with Gasteiger partial charge in [0.25, 0.3) is 0 Å². The number of likely N-dealkylation sites (tertiary alicyclic amines) is 1. The third kappa shape index (κ3) is 4.54. The number of hydrogen-bond acceptors (Lipinski definition) is 2. The molecule has 2 heteroatoms. The van der Waals surface area contributed by atoms with Crippen LogP contribution >= 0.6 is 0 Å². The Morgan fingerprint density at radius 2 is 2.11 bits per heavy atom. The zero-order valence-corrected chi connectivity index (χ0v) is 12.4. The Hall–Kier alpha value is -1.02. The van der Waals surface area contributed by atoms with Gasteiger partial charge in [0, 0.05) is 12.2 Å². The summed E-state index contributed by atoms with van der Waals surface area (Å²) >= 11 is 0. The number of rotatable bonds is 4. The molecule has 1 heterocycles. The van der Waals surface area contributed by atoms with Gasteiger partial charge in [0.2, 0.25) is 0 Å². The zero-order chi connectivity index (χ0) is 13.7. The summed E-state index contributed by atoms with van der Waals surface area (Å²) in [5.74, 6) is 1.77. The van der Waals surface area contributed by atoms with Gasteiger partial charge in [-0.05, 0) is 68.3 Å². The maximum absolute atomic E-state index is 5.83. The standard InChI is InChI=1S/C17H28N2/c1-14(2)16-6-4-10-19(12-9-16)11-8-15-5-3-7-17(18)13-15/h3,5,7,13-14,16H,4,6,8-12,18H2,1-2H3. The van der Waals surface area contributed by atoms with Crippen molar-refractivity contribution in [2.45, 2.75) is 39.5 Å². The van der Waals surface area contributed by atoms with E-state index >= 15 is 0 Å². The molecule has 0 saturated carbocycles. The van der Waals surface area contributed by atoms with Crippen molar-refractivity contribution >= 4 is 5.69 Å². The van der Waals surface area contributed by atoms with E-state index in [2.05, 4.69) is 36.9 Å². The monoisotopic (exact) mass is 260 g/mol. The molecule has 0 spiro atoms. The van der Waals surface area contributed by atoms with Crippen molar-refractivity contribution in [1.82, 2.24) is 4.90 Å². The van der Waals surface area contributed by atoms with Gasteiger partial charge in [-0.15, -0.1) is 0 Å². The summed E-state index contributed by atoms with van der Waals surface area (Å²) in [6.07, 6.45) is 5.26. The lowest BCUT2D eigenvalue weighted by molar-refractivity contribution is 0.275. The second kappa shape index (κ2) is 6.95. The fraction of sp³-hybridized carbons (Fsp3) is 0.647. The Kier molecular flexibility index (Phi) is 5.26. The molecule has 19 heavy (non-hydrogen) atoms. The summed E-state index contributed by atoms with van der Waals surface area (Å²) in [5, 5.41) is 0. The lowest BCUT2D eigenvalue weighted by Gasteiger charge is -2.21. The summed E-state index contributed by atoms with van der Waals surface area (Å²) in [7, 11) is 0. The van der Waals surface area contributed by atoms with Crippen LogP contribution in [0.15, 0.2) is 24.3 Å². The highest BCUT2D eigenvalue weighted by Crippen LogP contribution is 2.24. The van der Waals surface area contributed by atoms with Gasteiger partial charge in [-0.3, -0.25) is 0 Å². The molecule has 106 valence electrons. The van der Waals surface area contributed by atoms with Gasteiger partial charge in [-0.2, -0.15) is 0 Å². The molecule has 1 fully saturated rings. The van der Waals surface area contributed by atoms with Gasteiger partial charge >= 0.3 is 0 Å². The van der Waals surface area contributed by atoms with Gasteiger partial charge < -0.3 is 10.6 Å². The predicted octanol–water partition coefficient (Wildman–Crippen LogP) is 3.57. The molecule has 0 aliphatic carbocycles. The average Bonchev–Trinajstić information content (AvgIpc) is 2.62. The van der Waals surface area contributed by atoms with E-state index in [0.717, 1.165) is 23.9 Å². The van der Waals surface area contributed by atoms with Crippen LogP contribution in [0.3, 0.4) is 0 Å². The number of hydrogen-bond donors (Lipinski definition) is 1. The van der Waals surface area contributed by atoms with Crippen molar-refractivity contribution in [3.8, 4) is 0 Å². The maximum atomic E-state index is 5.83. The van der Waals surface area contributed by atoms with Crippen LogP contribution in [0.5, 0.6) is 0 Å². The largest absolute Gasteiger partial charge is 0.399 e. The van der Waals surface area contributed by atoms with Crippen molar-refractivity contribution in [2.75, 3.05) is 25.4 Å². The molecule has 1 saturated heterocycles. The van der Waals surface area contributed by atoms with E-state index in [4.69, 9.17) is 5.73 Å². The second-order valence-electron chi connectivity index (χ2n) is 6.27. The van der Waals surface area contributed by atoms with E-state index in [1.54, 1.807) is 0 Å². The van der Waals surface area contributed by atoms with Crippen molar-refractivity contribution in [2.24, 2.45) is 11.8 Å². The minimum absolute atomic E-state index is 0.842. The quantitative estimate of drug-likeness (QED) is 0.839. The van der Waals surface area contributed by atoms with Crippen molar-refractivity contribution in [1.29, 1.82) is 0 Å². The number of benzene rings is 1. The molecule has 1 aromatic carbocycles. The first-order chi connectivity index (χ1) is 9.15. The Morgan fingerprint density at radius 3 is 2.84 bits per heavy atom. The summed E-state index contributed by atoms with van der Waals surface area (Å²) in [6, 6.07) is 8.31. The highest BCUT2D eigenvalue weighted by Gasteiger charge is 2.19. The average molecular weight is 260 g/mol. The molecular formula is C17H28N2. The normalized spacial score (nSPS) is 21.5. The summed E-state index contributed by atoms with van der Waals surface area (Å²) < 4.78 is 0. The summed E-state index contributed by atoms with van der Waals surface area (Å²) in [4.78, 5) is 2.63. The number of nitrogens with two attached hydrogens (primary N) is 1. The van der Waals surface area contributed by atoms with Crippen LogP contribution < -0.4 is 5.73 Å². The Bertz CT molecular complexity index is 387. The van der Waals surface area contributed by atoms with Crippen LogP contribution in [-0.4, -0.2) is 24.5 Å². The van der Waals surface area contributed by atoms with Crippen LogP contribution in [0.2, 0.25) is 0 Å². The van der Waals surface area contributed by atoms with Gasteiger partial charge in [0.15, 0.2) is 0 Å². The Balaban J connectivity index is 1.80. The van der Waals surface area contributed by atoms with Crippen molar-refractivity contribution in [3.63, 3.8) is 0 Å². The number of nitrogen functional groups attached to an aromatic ring is 1. The van der Waals surface area contributed by atoms with E-state index < -0.39 is 0 Å². The zero-order valence-electron chi connectivity index (χ0n) is 12.4. The molecule has 1 unspecified atom stereocenters. The molecule has 1 aromatic rings. The minimum Gasteiger partial charge on any atom is -0.399 e. The maximum Gasteiger partial charge on any atom is 0.0316 e. The highest BCUT2D eigenvalue weighted by molar-refractivity contribution is 5.40. The van der Waals surface area contributed by atoms with Crippen LogP contribution in [0.1, 0.15) is 38.7 Å². The van der Waals surface area contributed by atoms with Crippen molar-refractivity contribution < 1.29 is 0 Å². The molecular weight excluding hydrogens is 232 g/mol. The predicted molar refractivity (Wildman–Crippen MR) is 83.2 cm³/mol. The van der Waals surface area contributed by atoms with E-state index in [0.29, 0.717) is 0 Å². The van der Waals surface area contributed by atoms with Gasteiger partial charge in [-0.25, -0.2) is 0 Å². The van der Waals surface area contributed by atoms with E-state index in [-0.39, 0.29) is 0 Å². The third-order valence-electron chi connectivity index (χ3n) is 4.48. The number of nitrogens with zero attached hydrogens (tertiary/aromatic N) is 1. The topological polar surface area (TPSA) is 29.3 Å². The van der Waals surface area contributed by atoms with Gasteiger partial charge in [-0.1, -0.05) is 26.0 Å². The van der Waals surface area contributed by atoms with E-state index in [1.165, 1.54) is 44.5 Å². The van der Waals surface area contributed by atoms with E-state index in [1.807, 2.05) is 6.07 Å². The highest BCUT2D eigenvalue weighted by atomic mass is 15.1. The lowest BCUT2D eigenvalue weighted by atomic mass is 9.89. The first-order valence-corrected chi connectivity index (χ1v) is 7.72. The number of anilines is 1. The van der Waals surface area contributed by atoms with E-state index in [9.17, 15) is 0 Å². The van der Waals surface area contributed by atoms with Crippen LogP contribution in [0, 0.1) is 11.8 Å².